The van der Waals surface area contributed by atoms with E-state index in [1.165, 1.54) is 115 Å². The van der Waals surface area contributed by atoms with Gasteiger partial charge >= 0.3 is 20.1 Å². The summed E-state index contributed by atoms with van der Waals surface area (Å²) in [5.41, 5.74) is 35.0. The van der Waals surface area contributed by atoms with E-state index >= 15 is 0 Å². The van der Waals surface area contributed by atoms with Crippen LogP contribution in [-0.2, 0) is 92.8 Å². The van der Waals surface area contributed by atoms with Crippen molar-refractivity contribution in [3.05, 3.63) is 478 Å². The molecule has 0 aliphatic carbocycles. The topological polar surface area (TPSA) is 105 Å². The van der Waals surface area contributed by atoms with Crippen LogP contribution in [0.25, 0.3) is 166 Å². The summed E-state index contributed by atoms with van der Waals surface area (Å²) >= 11 is 0. The fourth-order valence-corrected chi connectivity index (χ4v) is 17.4. The fraction of sp³-hybridized carbons (Fsp3) is 0.148. The third-order valence-electron chi connectivity index (χ3n) is 24.1. The molecule has 12 aromatic carbocycles. The molecule has 0 saturated heterocycles. The molecule has 0 amide bonds. The maximum absolute atomic E-state index is 4.65. The summed E-state index contributed by atoms with van der Waals surface area (Å²) < 4.78 is 7.28. The molecule has 0 bridgehead atoms. The molecule has 10 aromatic heterocycles. The van der Waals surface area contributed by atoms with E-state index in [-0.39, 0.29) is 60.3 Å². The molecule has 0 aliphatic rings. The number of rotatable bonds is 17. The number of nitrogens with zero attached hydrogens (tertiary/aromatic N) is 10. The molecule has 0 aliphatic heterocycles. The second-order valence-corrected chi connectivity index (χ2v) is 35.8. The van der Waals surface area contributed by atoms with Gasteiger partial charge in [-0.1, -0.05) is 260 Å². The van der Waals surface area contributed by atoms with Crippen LogP contribution in [0.15, 0.2) is 395 Å². The van der Waals surface area contributed by atoms with Gasteiger partial charge in [0.05, 0.1) is 0 Å². The third-order valence-corrected chi connectivity index (χ3v) is 24.1. The maximum Gasteiger partial charge on any atom is 3.00 e. The van der Waals surface area contributed by atoms with Crippen LogP contribution < -0.4 is 0 Å². The van der Waals surface area contributed by atoms with Gasteiger partial charge in [0, 0.05) is 142 Å². The zero-order valence-corrected chi connectivity index (χ0v) is 88.9. The molecule has 10 nitrogen and oxygen atoms in total. The van der Waals surface area contributed by atoms with Crippen molar-refractivity contribution in [1.82, 2.24) is 48.6 Å². The molecule has 0 unspecified atom stereocenters. The van der Waals surface area contributed by atoms with Crippen molar-refractivity contribution in [2.75, 3.05) is 0 Å². The number of benzene rings is 12. The summed E-state index contributed by atoms with van der Waals surface area (Å²) in [6.45, 7) is 35.3. The van der Waals surface area contributed by atoms with E-state index in [4.69, 9.17) is 0 Å². The Hall–Kier alpha value is -14.2. The van der Waals surface area contributed by atoms with Crippen LogP contribution in [0.5, 0.6) is 0 Å². The average molecular weight is 2370 g/mol. The van der Waals surface area contributed by atoms with Crippen LogP contribution in [0.4, 0.5) is 0 Å². The second kappa shape index (κ2) is 50.6. The summed E-state index contributed by atoms with van der Waals surface area (Å²) in [5.74, 6) is 1.76. The summed E-state index contributed by atoms with van der Waals surface area (Å²) in [4.78, 5) is 31.5. The fourth-order valence-electron chi connectivity index (χ4n) is 17.4. The molecule has 10 heterocycles. The SMILES string of the molecule is Cc1ccc(-c2[c-]cc3c(c2)c2ccccc2n3CC(C)C)nc1.Cc1ccc(-c2[c-]cc3c4ccccc4n(CC(C)C)c3c2)nc1.Cc1ccc(-c2[c-]ccc3c4ccccc4n(CC(C)C)c23)nc1.[CH2-]c1ccccc1-c1cc(CC)c(-c2ccccc2)cn1.[CH2-]c1ccccc1-c1cc(CC)c(-c2ccccc2)cn1.[Ir+3].[Ir].[Ir].[c-]1ccccc1-c1ccccn1.[c-]1ccccc1-c1ccccn1. The van der Waals surface area contributed by atoms with Gasteiger partial charge in [-0.2, -0.15) is 37.1 Å². The monoisotopic (exact) mass is 2370 g/mol. The van der Waals surface area contributed by atoms with E-state index in [1.54, 1.807) is 12.4 Å². The molecule has 0 spiro atoms. The van der Waals surface area contributed by atoms with E-state index in [2.05, 4.69) is 381 Å². The minimum atomic E-state index is 0. The number of fused-ring (bicyclic) bond motifs is 9. The largest absolute Gasteiger partial charge is 3.00 e. The van der Waals surface area contributed by atoms with Crippen LogP contribution in [0, 0.1) is 82.7 Å². The first kappa shape index (κ1) is 104. The van der Waals surface area contributed by atoms with Crippen molar-refractivity contribution in [1.29, 1.82) is 0 Å². The quantitative estimate of drug-likeness (QED) is 0.0836. The van der Waals surface area contributed by atoms with E-state index in [0.29, 0.717) is 17.8 Å². The first-order chi connectivity index (χ1) is 67.4. The number of hydrogen-bond donors (Lipinski definition) is 0. The van der Waals surface area contributed by atoms with Crippen LogP contribution in [-0.4, -0.2) is 48.6 Å². The predicted octanol–water partition coefficient (Wildman–Crippen LogP) is 32.3. The van der Waals surface area contributed by atoms with Crippen molar-refractivity contribution < 1.29 is 60.3 Å². The normalized spacial score (nSPS) is 10.7. The molecule has 0 atom stereocenters. The molecular formula is C128H115Ir3N10-4. The van der Waals surface area contributed by atoms with Crippen molar-refractivity contribution >= 4 is 65.4 Å². The van der Waals surface area contributed by atoms with Gasteiger partial charge in [-0.3, -0.25) is 9.97 Å². The van der Waals surface area contributed by atoms with E-state index < -0.39 is 0 Å². The Bertz CT molecular complexity index is 7440. The smallest absolute Gasteiger partial charge is 0.380 e. The number of pyridine rings is 7. The molecule has 13 heteroatoms. The predicted molar refractivity (Wildman–Crippen MR) is 578 cm³/mol. The van der Waals surface area contributed by atoms with Gasteiger partial charge in [-0.15, -0.1) is 178 Å². The summed E-state index contributed by atoms with van der Waals surface area (Å²) in [6, 6.07) is 137. The van der Waals surface area contributed by atoms with E-state index in [9.17, 15) is 0 Å². The first-order valence-electron chi connectivity index (χ1n) is 47.7. The Labute approximate surface area is 872 Å². The summed E-state index contributed by atoms with van der Waals surface area (Å²) in [6.07, 6.45) is 15.3. The number of aromatic nitrogens is 10. The Balaban J connectivity index is 0.000000140. The van der Waals surface area contributed by atoms with Crippen LogP contribution in [0.1, 0.15) is 94.3 Å². The van der Waals surface area contributed by atoms with Gasteiger partial charge in [-0.05, 0) is 194 Å². The Morgan fingerprint density at radius 2 is 0.660 bits per heavy atom. The Morgan fingerprint density at radius 3 is 1.09 bits per heavy atom. The molecule has 0 saturated carbocycles. The van der Waals surface area contributed by atoms with Crippen molar-refractivity contribution in [2.24, 2.45) is 17.8 Å². The number of para-hydroxylation sites is 3. The molecule has 22 rings (SSSR count). The standard InChI is InChI=1S/3C22H21N2.2C20H18N.2C11H8N.3Ir/c1-15(2)14-24-21-10-5-4-7-17(21)18-8-6-9-19(22(18)24)20-12-11-16(3)13-23-20;1-15(2)14-24-21-7-5-4-6-18(21)19-10-9-17(12-22(19)24)20-11-8-16(3)13-23-20;1-15(2)14-24-21-7-5-4-6-18(21)19-12-17(9-11-22(19)24)20-10-8-16(3)13-23-20;2*1-3-16-13-20(18-12-8-7-9-15(18)2)21-14-19(16)17-10-5-4-6-11-17;2*1-2-6-10(7-3-1)11-8-4-5-9-12-11;;;/h3*4-8,10-13,15H,14H2,1-3H3;2*4-14H,2-3H2,1H3;2*1-6,8-9H;;;/q7*-1;;;+3. The van der Waals surface area contributed by atoms with Crippen molar-refractivity contribution in [3.63, 3.8) is 0 Å². The number of aryl methyl sites for hydroxylation is 5. The maximum atomic E-state index is 4.65. The van der Waals surface area contributed by atoms with Crippen molar-refractivity contribution in [3.8, 4) is 101 Å². The molecule has 141 heavy (non-hydrogen) atoms. The minimum Gasteiger partial charge on any atom is -0.380 e. The van der Waals surface area contributed by atoms with Gasteiger partial charge in [0.15, 0.2) is 0 Å². The summed E-state index contributed by atoms with van der Waals surface area (Å²) in [5, 5.41) is 7.73. The number of hydrogen-bond acceptors (Lipinski definition) is 7. The Kier molecular flexibility index (Phi) is 37.4. The second-order valence-electron chi connectivity index (χ2n) is 35.8. The van der Waals surface area contributed by atoms with Crippen LogP contribution in [0.3, 0.4) is 0 Å². The zero-order valence-electron chi connectivity index (χ0n) is 81.7. The van der Waals surface area contributed by atoms with E-state index in [1.807, 2.05) is 171 Å². The molecule has 0 fully saturated rings. The average Bonchev–Trinajstić information content (AvgIpc) is 1.58. The third kappa shape index (κ3) is 25.9. The van der Waals surface area contributed by atoms with E-state index in [0.717, 1.165) is 122 Å². The van der Waals surface area contributed by atoms with Gasteiger partial charge in [0.1, 0.15) is 0 Å². The zero-order chi connectivity index (χ0) is 95.8. The Morgan fingerprint density at radius 1 is 0.277 bits per heavy atom. The van der Waals surface area contributed by atoms with Gasteiger partial charge < -0.3 is 38.6 Å². The minimum absolute atomic E-state index is 0. The van der Waals surface area contributed by atoms with Gasteiger partial charge in [0.25, 0.3) is 0 Å². The molecule has 708 valence electrons. The van der Waals surface area contributed by atoms with Gasteiger partial charge in [0.2, 0.25) is 0 Å². The molecule has 22 aromatic rings. The first-order valence-corrected chi connectivity index (χ1v) is 47.7. The molecular weight excluding hydrogens is 2250 g/mol. The molecule has 2 radical (unpaired) electrons. The summed E-state index contributed by atoms with van der Waals surface area (Å²) in [7, 11) is 0. The van der Waals surface area contributed by atoms with Crippen LogP contribution >= 0.6 is 0 Å². The van der Waals surface area contributed by atoms with Crippen molar-refractivity contribution in [2.45, 2.75) is 109 Å². The van der Waals surface area contributed by atoms with Gasteiger partial charge in [-0.25, -0.2) is 0 Å². The molecule has 0 N–H and O–H groups in total. The van der Waals surface area contributed by atoms with Crippen LogP contribution in [0.2, 0.25) is 0 Å².